The van der Waals surface area contributed by atoms with E-state index < -0.39 is 0 Å². The molecule has 1 aliphatic rings. The summed E-state index contributed by atoms with van der Waals surface area (Å²) in [6.45, 7) is 5.50. The Hall–Kier alpha value is -0.610. The van der Waals surface area contributed by atoms with Crippen molar-refractivity contribution in [2.75, 3.05) is 24.5 Å². The van der Waals surface area contributed by atoms with Crippen molar-refractivity contribution in [2.45, 2.75) is 38.6 Å². The molecule has 1 atom stereocenters. The lowest BCUT2D eigenvalue weighted by atomic mass is 10.0. The molecule has 1 unspecified atom stereocenters. The summed E-state index contributed by atoms with van der Waals surface area (Å²) in [5.41, 5.74) is 0. The van der Waals surface area contributed by atoms with Gasteiger partial charge < -0.3 is 10.2 Å². The van der Waals surface area contributed by atoms with E-state index in [2.05, 4.69) is 44.1 Å². The van der Waals surface area contributed by atoms with E-state index in [0.717, 1.165) is 29.9 Å². The average Bonchev–Trinajstić information content (AvgIpc) is 2.40. The highest BCUT2D eigenvalue weighted by Crippen LogP contribution is 2.28. The topological polar surface area (TPSA) is 28.2 Å². The molecule has 1 N–H and O–H groups in total. The van der Waals surface area contributed by atoms with Crippen LogP contribution in [0.15, 0.2) is 22.8 Å². The molecule has 0 spiro atoms. The van der Waals surface area contributed by atoms with E-state index in [1.807, 2.05) is 12.3 Å². The van der Waals surface area contributed by atoms with Crippen molar-refractivity contribution in [1.82, 2.24) is 10.3 Å². The molecule has 4 heteroatoms. The number of nitrogens with zero attached hydrogens (tertiary/aromatic N) is 2. The van der Waals surface area contributed by atoms with Gasteiger partial charge in [0.1, 0.15) is 5.82 Å². The lowest BCUT2D eigenvalue weighted by molar-refractivity contribution is 0.432. The number of halogens is 1. The molecule has 1 aliphatic heterocycles. The summed E-state index contributed by atoms with van der Waals surface area (Å²) in [6.07, 6.45) is 6.94. The van der Waals surface area contributed by atoms with E-state index in [0.29, 0.717) is 6.04 Å². The molecule has 2 rings (SSSR count). The maximum Gasteiger partial charge on any atom is 0.143 e. The number of nitrogens with one attached hydrogen (secondary N) is 1. The van der Waals surface area contributed by atoms with Crippen LogP contribution in [-0.2, 0) is 0 Å². The van der Waals surface area contributed by atoms with Crippen molar-refractivity contribution >= 4 is 21.7 Å². The zero-order valence-corrected chi connectivity index (χ0v) is 12.6. The Morgan fingerprint density at radius 3 is 3.17 bits per heavy atom. The fourth-order valence-electron chi connectivity index (χ4n) is 2.53. The van der Waals surface area contributed by atoms with Crippen LogP contribution in [0, 0.1) is 0 Å². The predicted octanol–water partition coefficient (Wildman–Crippen LogP) is 3.20. The van der Waals surface area contributed by atoms with Crippen LogP contribution in [0.1, 0.15) is 32.6 Å². The molecule has 0 saturated carbocycles. The molecule has 100 valence electrons. The lowest BCUT2D eigenvalue weighted by Gasteiger charge is -2.37. The van der Waals surface area contributed by atoms with Crippen molar-refractivity contribution in [1.29, 1.82) is 0 Å². The SMILES string of the molecule is CCCNCC1CCCCN1c1ncccc1Br. The Morgan fingerprint density at radius 1 is 1.50 bits per heavy atom. The zero-order valence-electron chi connectivity index (χ0n) is 11.0. The van der Waals surface area contributed by atoms with Gasteiger partial charge in [-0.3, -0.25) is 0 Å². The number of hydrogen-bond donors (Lipinski definition) is 1. The molecule has 0 radical (unpaired) electrons. The smallest absolute Gasteiger partial charge is 0.143 e. The highest BCUT2D eigenvalue weighted by molar-refractivity contribution is 9.10. The van der Waals surface area contributed by atoms with Crippen LogP contribution in [0.5, 0.6) is 0 Å². The van der Waals surface area contributed by atoms with Gasteiger partial charge in [-0.25, -0.2) is 4.98 Å². The molecule has 1 aromatic rings. The van der Waals surface area contributed by atoms with Crippen LogP contribution >= 0.6 is 15.9 Å². The van der Waals surface area contributed by atoms with E-state index in [-0.39, 0.29) is 0 Å². The minimum Gasteiger partial charge on any atom is -0.351 e. The van der Waals surface area contributed by atoms with Crippen molar-refractivity contribution in [2.24, 2.45) is 0 Å². The van der Waals surface area contributed by atoms with Crippen LogP contribution in [-0.4, -0.2) is 30.7 Å². The quantitative estimate of drug-likeness (QED) is 0.846. The van der Waals surface area contributed by atoms with Crippen LogP contribution < -0.4 is 10.2 Å². The first-order valence-corrected chi connectivity index (χ1v) is 7.70. The predicted molar refractivity (Wildman–Crippen MR) is 80.1 cm³/mol. The molecule has 0 bridgehead atoms. The van der Waals surface area contributed by atoms with Crippen LogP contribution in [0.2, 0.25) is 0 Å². The van der Waals surface area contributed by atoms with Gasteiger partial charge in [-0.2, -0.15) is 0 Å². The number of piperidine rings is 1. The van der Waals surface area contributed by atoms with E-state index >= 15 is 0 Å². The number of pyridine rings is 1. The molecule has 1 fully saturated rings. The number of hydrogen-bond acceptors (Lipinski definition) is 3. The minimum absolute atomic E-state index is 0.580. The molecule has 18 heavy (non-hydrogen) atoms. The second kappa shape index (κ2) is 7.10. The standard InChI is InChI=1S/C14H22BrN3/c1-2-8-16-11-12-6-3-4-10-18(12)14-13(15)7-5-9-17-14/h5,7,9,12,16H,2-4,6,8,10-11H2,1H3. The maximum atomic E-state index is 4.53. The largest absolute Gasteiger partial charge is 0.351 e. The highest BCUT2D eigenvalue weighted by atomic mass is 79.9. The van der Waals surface area contributed by atoms with Crippen molar-refractivity contribution < 1.29 is 0 Å². The summed E-state index contributed by atoms with van der Waals surface area (Å²) in [6, 6.07) is 4.63. The van der Waals surface area contributed by atoms with Gasteiger partial charge in [-0.15, -0.1) is 0 Å². The number of aromatic nitrogens is 1. The summed E-state index contributed by atoms with van der Waals surface area (Å²) in [5.74, 6) is 1.10. The van der Waals surface area contributed by atoms with Gasteiger partial charge in [0.05, 0.1) is 4.47 Å². The minimum atomic E-state index is 0.580. The first-order valence-electron chi connectivity index (χ1n) is 6.90. The third-order valence-corrected chi connectivity index (χ3v) is 4.06. The van der Waals surface area contributed by atoms with Crippen LogP contribution in [0.4, 0.5) is 5.82 Å². The van der Waals surface area contributed by atoms with Crippen LogP contribution in [0.25, 0.3) is 0 Å². The Labute approximate surface area is 118 Å². The summed E-state index contributed by atoms with van der Waals surface area (Å²) in [4.78, 5) is 6.99. The summed E-state index contributed by atoms with van der Waals surface area (Å²) >= 11 is 3.62. The molecular formula is C14H22BrN3. The molecule has 0 aromatic carbocycles. The lowest BCUT2D eigenvalue weighted by Crippen LogP contribution is -2.46. The molecule has 1 saturated heterocycles. The van der Waals surface area contributed by atoms with Gasteiger partial charge in [0.2, 0.25) is 0 Å². The first kappa shape index (κ1) is 13.8. The third kappa shape index (κ3) is 3.45. The fourth-order valence-corrected chi connectivity index (χ4v) is 3.01. The Balaban J connectivity index is 2.05. The van der Waals surface area contributed by atoms with Gasteiger partial charge in [-0.05, 0) is 60.3 Å². The second-order valence-electron chi connectivity index (χ2n) is 4.86. The summed E-state index contributed by atoms with van der Waals surface area (Å²) in [7, 11) is 0. The monoisotopic (exact) mass is 311 g/mol. The van der Waals surface area contributed by atoms with E-state index in [1.54, 1.807) is 0 Å². The normalized spacial score (nSPS) is 20.1. The molecule has 3 nitrogen and oxygen atoms in total. The fraction of sp³-hybridized carbons (Fsp3) is 0.643. The Morgan fingerprint density at radius 2 is 2.39 bits per heavy atom. The average molecular weight is 312 g/mol. The van der Waals surface area contributed by atoms with Gasteiger partial charge >= 0.3 is 0 Å². The molecular weight excluding hydrogens is 290 g/mol. The molecule has 0 amide bonds. The first-order chi connectivity index (χ1) is 8.83. The van der Waals surface area contributed by atoms with Gasteiger partial charge in [0, 0.05) is 25.3 Å². The molecule has 2 heterocycles. The van der Waals surface area contributed by atoms with Crippen molar-refractivity contribution in [3.8, 4) is 0 Å². The van der Waals surface area contributed by atoms with Crippen LogP contribution in [0.3, 0.4) is 0 Å². The van der Waals surface area contributed by atoms with Crippen molar-refractivity contribution in [3.05, 3.63) is 22.8 Å². The maximum absolute atomic E-state index is 4.53. The molecule has 0 aliphatic carbocycles. The number of rotatable bonds is 5. The van der Waals surface area contributed by atoms with Gasteiger partial charge in [0.15, 0.2) is 0 Å². The Bertz CT molecular complexity index is 370. The summed E-state index contributed by atoms with van der Waals surface area (Å²) in [5, 5.41) is 3.54. The van der Waals surface area contributed by atoms with Gasteiger partial charge in [-0.1, -0.05) is 6.92 Å². The second-order valence-corrected chi connectivity index (χ2v) is 5.71. The number of anilines is 1. The van der Waals surface area contributed by atoms with E-state index in [1.165, 1.54) is 25.7 Å². The Kier molecular flexibility index (Phi) is 5.45. The van der Waals surface area contributed by atoms with E-state index in [9.17, 15) is 0 Å². The summed E-state index contributed by atoms with van der Waals surface area (Å²) < 4.78 is 1.10. The van der Waals surface area contributed by atoms with Crippen molar-refractivity contribution in [3.63, 3.8) is 0 Å². The highest BCUT2D eigenvalue weighted by Gasteiger charge is 2.24. The molecule has 1 aromatic heterocycles. The van der Waals surface area contributed by atoms with Gasteiger partial charge in [0.25, 0.3) is 0 Å². The van der Waals surface area contributed by atoms with E-state index in [4.69, 9.17) is 0 Å². The zero-order chi connectivity index (χ0) is 12.8. The third-order valence-electron chi connectivity index (χ3n) is 3.44.